The van der Waals surface area contributed by atoms with Gasteiger partial charge in [0.2, 0.25) is 5.76 Å². The van der Waals surface area contributed by atoms with Crippen LogP contribution < -0.4 is 0 Å². The maximum Gasteiger partial charge on any atom is 0.371 e. The summed E-state index contributed by atoms with van der Waals surface area (Å²) in [5.41, 5.74) is 0.347. The number of carboxylic acids is 1. The number of aromatic carboxylic acids is 1. The molecule has 0 radical (unpaired) electrons. The van der Waals surface area contributed by atoms with Gasteiger partial charge in [0.05, 0.1) is 19.1 Å². The Labute approximate surface area is 112 Å². The number of hydrogen-bond acceptors (Lipinski definition) is 6. The fraction of sp³-hybridized carbons (Fsp3) is 0.167. The van der Waals surface area contributed by atoms with Gasteiger partial charge in [-0.1, -0.05) is 11.8 Å². The average Bonchev–Trinajstić information content (AvgIpc) is 3.04. The van der Waals surface area contributed by atoms with Crippen LogP contribution in [0.5, 0.6) is 0 Å². The van der Waals surface area contributed by atoms with E-state index in [9.17, 15) is 9.59 Å². The predicted molar refractivity (Wildman–Crippen MR) is 65.3 cm³/mol. The standard InChI is InChI=1S/C12H10O6S/c1-16-12(15)7-4-5-17-9(7)6-19-10-3-2-8(18-10)11(13)14/h2-5H,6H2,1H3,(H,13,14). The van der Waals surface area contributed by atoms with Crippen molar-refractivity contribution in [2.45, 2.75) is 10.8 Å². The van der Waals surface area contributed by atoms with Gasteiger partial charge >= 0.3 is 11.9 Å². The van der Waals surface area contributed by atoms with Crippen molar-refractivity contribution >= 4 is 23.7 Å². The molecule has 19 heavy (non-hydrogen) atoms. The van der Waals surface area contributed by atoms with Crippen LogP contribution in [0.3, 0.4) is 0 Å². The van der Waals surface area contributed by atoms with Gasteiger partial charge in [-0.25, -0.2) is 9.59 Å². The summed E-state index contributed by atoms with van der Waals surface area (Å²) in [7, 11) is 1.29. The Morgan fingerprint density at radius 2 is 2.16 bits per heavy atom. The molecule has 0 unspecified atom stereocenters. The molecular weight excluding hydrogens is 272 g/mol. The van der Waals surface area contributed by atoms with Crippen molar-refractivity contribution in [1.29, 1.82) is 0 Å². The van der Waals surface area contributed by atoms with E-state index in [0.717, 1.165) is 0 Å². The fourth-order valence-electron chi connectivity index (χ4n) is 1.39. The van der Waals surface area contributed by atoms with Gasteiger partial charge in [-0.3, -0.25) is 0 Å². The zero-order chi connectivity index (χ0) is 13.8. The van der Waals surface area contributed by atoms with Crippen molar-refractivity contribution in [3.63, 3.8) is 0 Å². The summed E-state index contributed by atoms with van der Waals surface area (Å²) in [5.74, 6) is -0.945. The quantitative estimate of drug-likeness (QED) is 0.666. The number of ether oxygens (including phenoxy) is 1. The summed E-state index contributed by atoms with van der Waals surface area (Å²) in [6.45, 7) is 0. The molecule has 2 heterocycles. The zero-order valence-electron chi connectivity index (χ0n) is 9.91. The van der Waals surface area contributed by atoms with Crippen LogP contribution in [0, 0.1) is 0 Å². The molecule has 6 nitrogen and oxygen atoms in total. The molecule has 2 aromatic heterocycles. The molecule has 0 aliphatic heterocycles. The van der Waals surface area contributed by atoms with Crippen LogP contribution in [0.1, 0.15) is 26.7 Å². The first-order chi connectivity index (χ1) is 9.11. The maximum absolute atomic E-state index is 11.4. The molecule has 7 heteroatoms. The Hall–Kier alpha value is -2.15. The highest BCUT2D eigenvalue weighted by Gasteiger charge is 2.16. The molecule has 0 bridgehead atoms. The number of furan rings is 2. The van der Waals surface area contributed by atoms with Crippen LogP contribution in [0.4, 0.5) is 0 Å². The van der Waals surface area contributed by atoms with E-state index in [-0.39, 0.29) is 5.76 Å². The minimum atomic E-state index is -1.12. The predicted octanol–water partition coefficient (Wildman–Crippen LogP) is 2.65. The first-order valence-corrected chi connectivity index (χ1v) is 6.21. The van der Waals surface area contributed by atoms with Crippen LogP contribution in [-0.2, 0) is 10.5 Å². The average molecular weight is 282 g/mol. The summed E-state index contributed by atoms with van der Waals surface area (Å²) < 4.78 is 14.9. The van der Waals surface area contributed by atoms with Crippen LogP contribution >= 0.6 is 11.8 Å². The number of rotatable bonds is 5. The van der Waals surface area contributed by atoms with Gasteiger partial charge in [-0.2, -0.15) is 0 Å². The lowest BCUT2D eigenvalue weighted by molar-refractivity contribution is 0.0597. The number of carbonyl (C=O) groups is 2. The van der Waals surface area contributed by atoms with Crippen molar-refractivity contribution in [3.05, 3.63) is 41.5 Å². The molecule has 0 amide bonds. The van der Waals surface area contributed by atoms with Gasteiger partial charge in [-0.05, 0) is 18.2 Å². The van der Waals surface area contributed by atoms with Gasteiger partial charge in [-0.15, -0.1) is 0 Å². The van der Waals surface area contributed by atoms with Crippen molar-refractivity contribution in [1.82, 2.24) is 0 Å². The fourth-order valence-corrected chi connectivity index (χ4v) is 2.20. The lowest BCUT2D eigenvalue weighted by atomic mass is 10.3. The molecule has 100 valence electrons. The summed E-state index contributed by atoms with van der Waals surface area (Å²) in [4.78, 5) is 22.1. The van der Waals surface area contributed by atoms with Gasteiger partial charge in [0.1, 0.15) is 11.3 Å². The van der Waals surface area contributed by atoms with E-state index in [0.29, 0.717) is 22.2 Å². The normalized spacial score (nSPS) is 10.4. The number of carbonyl (C=O) groups excluding carboxylic acids is 1. The van der Waals surface area contributed by atoms with E-state index < -0.39 is 11.9 Å². The number of thioether (sulfide) groups is 1. The maximum atomic E-state index is 11.4. The van der Waals surface area contributed by atoms with E-state index in [1.165, 1.54) is 37.3 Å². The van der Waals surface area contributed by atoms with Gasteiger partial charge < -0.3 is 18.7 Å². The molecule has 0 aliphatic carbocycles. The summed E-state index contributed by atoms with van der Waals surface area (Å²) in [6.07, 6.45) is 1.40. The third-order valence-electron chi connectivity index (χ3n) is 2.29. The summed E-state index contributed by atoms with van der Waals surface area (Å²) in [6, 6.07) is 4.44. The van der Waals surface area contributed by atoms with Crippen LogP contribution in [0.15, 0.2) is 38.4 Å². The number of hydrogen-bond donors (Lipinski definition) is 1. The molecule has 2 rings (SSSR count). The molecule has 0 saturated carbocycles. The molecule has 0 spiro atoms. The van der Waals surface area contributed by atoms with E-state index in [1.54, 1.807) is 6.07 Å². The van der Waals surface area contributed by atoms with Crippen molar-refractivity contribution in [3.8, 4) is 0 Å². The minimum Gasteiger partial charge on any atom is -0.475 e. The molecule has 0 atom stereocenters. The second kappa shape index (κ2) is 5.66. The number of carboxylic acid groups (broad SMARTS) is 1. The third kappa shape index (κ3) is 3.00. The van der Waals surface area contributed by atoms with Crippen LogP contribution in [0.25, 0.3) is 0 Å². The highest BCUT2D eigenvalue weighted by molar-refractivity contribution is 7.98. The Bertz CT molecular complexity index is 597. The monoisotopic (exact) mass is 282 g/mol. The van der Waals surface area contributed by atoms with Crippen molar-refractivity contribution < 1.29 is 28.3 Å². The molecule has 1 N–H and O–H groups in total. The second-order valence-corrected chi connectivity index (χ2v) is 4.44. The lowest BCUT2D eigenvalue weighted by Gasteiger charge is -1.99. The van der Waals surface area contributed by atoms with Gasteiger partial charge in [0.25, 0.3) is 0 Å². The molecule has 0 aromatic carbocycles. The van der Waals surface area contributed by atoms with E-state index in [4.69, 9.17) is 13.9 Å². The van der Waals surface area contributed by atoms with Crippen LogP contribution in [-0.4, -0.2) is 24.2 Å². The summed E-state index contributed by atoms with van der Waals surface area (Å²) >= 11 is 1.23. The van der Waals surface area contributed by atoms with Crippen molar-refractivity contribution in [2.24, 2.45) is 0 Å². The topological polar surface area (TPSA) is 89.9 Å². The Kier molecular flexibility index (Phi) is 3.96. The molecular formula is C12H10O6S. The smallest absolute Gasteiger partial charge is 0.371 e. The Morgan fingerprint density at radius 3 is 2.79 bits per heavy atom. The lowest BCUT2D eigenvalue weighted by Crippen LogP contribution is -2.02. The SMILES string of the molecule is COC(=O)c1ccoc1CSc1ccc(C(=O)O)o1. The van der Waals surface area contributed by atoms with Crippen LogP contribution in [0.2, 0.25) is 0 Å². The van der Waals surface area contributed by atoms with Gasteiger partial charge in [0, 0.05) is 0 Å². The highest BCUT2D eigenvalue weighted by Crippen LogP contribution is 2.27. The zero-order valence-corrected chi connectivity index (χ0v) is 10.7. The largest absolute Gasteiger partial charge is 0.475 e. The highest BCUT2D eigenvalue weighted by atomic mass is 32.2. The molecule has 0 fully saturated rings. The second-order valence-electron chi connectivity index (χ2n) is 3.46. The summed E-state index contributed by atoms with van der Waals surface area (Å²) in [5, 5.41) is 9.15. The molecule has 2 aromatic rings. The Morgan fingerprint density at radius 1 is 1.37 bits per heavy atom. The van der Waals surface area contributed by atoms with E-state index in [1.807, 2.05) is 0 Å². The minimum absolute atomic E-state index is 0.130. The number of esters is 1. The first kappa shape index (κ1) is 13.3. The van der Waals surface area contributed by atoms with Crippen molar-refractivity contribution in [2.75, 3.05) is 7.11 Å². The molecule has 0 saturated heterocycles. The van der Waals surface area contributed by atoms with Gasteiger partial charge in [0.15, 0.2) is 5.09 Å². The number of methoxy groups -OCH3 is 1. The molecule has 0 aliphatic rings. The third-order valence-corrected chi connectivity index (χ3v) is 3.20. The Balaban J connectivity index is 2.04. The van der Waals surface area contributed by atoms with E-state index in [2.05, 4.69) is 4.74 Å². The van der Waals surface area contributed by atoms with E-state index >= 15 is 0 Å². The first-order valence-electron chi connectivity index (χ1n) is 5.22.